The molecule has 0 fully saturated rings. The first kappa shape index (κ1) is 30.9. The maximum absolute atomic E-state index is 11.8. The van der Waals surface area contributed by atoms with Crippen molar-refractivity contribution >= 4 is 11.9 Å². The molecule has 0 bridgehead atoms. The van der Waals surface area contributed by atoms with Crippen LogP contribution in [0.2, 0.25) is 0 Å². The number of unbranched alkanes of at least 4 members (excludes halogenated alkanes) is 15. The van der Waals surface area contributed by atoms with Crippen LogP contribution in [-0.4, -0.2) is 11.9 Å². The maximum atomic E-state index is 11.8. The van der Waals surface area contributed by atoms with E-state index in [9.17, 15) is 9.59 Å². The van der Waals surface area contributed by atoms with Crippen molar-refractivity contribution in [1.29, 1.82) is 0 Å². The van der Waals surface area contributed by atoms with Gasteiger partial charge in [-0.05, 0) is 44.4 Å². The van der Waals surface area contributed by atoms with Crippen molar-refractivity contribution in [2.24, 2.45) is 5.92 Å². The molecule has 0 rings (SSSR count). The normalized spacial score (nSPS) is 11.5. The monoisotopic (exact) mass is 450 g/mol. The molecular weight excluding hydrogens is 396 g/mol. The molecule has 0 aliphatic rings. The Bertz CT molecular complexity index is 453. The quantitative estimate of drug-likeness (QED) is 0.0673. The summed E-state index contributed by atoms with van der Waals surface area (Å²) < 4.78 is 4.95. The fraction of sp³-hybridized carbons (Fsp3) is 0.862. The molecule has 0 aliphatic carbocycles. The summed E-state index contributed by atoms with van der Waals surface area (Å²) in [6.45, 7) is 6.81. The highest BCUT2D eigenvalue weighted by Crippen LogP contribution is 2.13. The zero-order valence-corrected chi connectivity index (χ0v) is 21.8. The van der Waals surface area contributed by atoms with Crippen molar-refractivity contribution in [3.05, 3.63) is 12.2 Å². The van der Waals surface area contributed by atoms with Gasteiger partial charge in [-0.3, -0.25) is 9.59 Å². The second kappa shape index (κ2) is 24.5. The molecule has 0 radical (unpaired) electrons. The maximum Gasteiger partial charge on any atom is 0.313 e. The predicted molar refractivity (Wildman–Crippen MR) is 138 cm³/mol. The van der Waals surface area contributed by atoms with Crippen LogP contribution >= 0.6 is 0 Å². The molecule has 0 atom stereocenters. The Labute approximate surface area is 200 Å². The fourth-order valence-electron chi connectivity index (χ4n) is 3.92. The number of hydrogen-bond donors (Lipinski definition) is 0. The minimum Gasteiger partial charge on any atom is -0.393 e. The third kappa shape index (κ3) is 25.1. The van der Waals surface area contributed by atoms with Gasteiger partial charge in [0.05, 0.1) is 0 Å². The lowest BCUT2D eigenvalue weighted by Gasteiger charge is -2.05. The van der Waals surface area contributed by atoms with Gasteiger partial charge in [0.1, 0.15) is 0 Å². The first-order chi connectivity index (χ1) is 15.6. The molecule has 3 heteroatoms. The molecule has 0 amide bonds. The van der Waals surface area contributed by atoms with Crippen molar-refractivity contribution in [3.63, 3.8) is 0 Å². The second-order valence-electron chi connectivity index (χ2n) is 9.88. The van der Waals surface area contributed by atoms with Crippen LogP contribution < -0.4 is 0 Å². The van der Waals surface area contributed by atoms with Gasteiger partial charge < -0.3 is 4.74 Å². The van der Waals surface area contributed by atoms with Gasteiger partial charge >= 0.3 is 11.9 Å². The van der Waals surface area contributed by atoms with E-state index in [1.54, 1.807) is 0 Å². The smallest absolute Gasteiger partial charge is 0.313 e. The van der Waals surface area contributed by atoms with Crippen LogP contribution in [0.25, 0.3) is 0 Å². The zero-order valence-electron chi connectivity index (χ0n) is 21.8. The van der Waals surface area contributed by atoms with Crippen molar-refractivity contribution in [2.45, 2.75) is 156 Å². The summed E-state index contributed by atoms with van der Waals surface area (Å²) in [5.74, 6) is 0.130. The Morgan fingerprint density at radius 2 is 1.00 bits per heavy atom. The van der Waals surface area contributed by atoms with E-state index < -0.39 is 0 Å². The standard InChI is InChI=1S/C29H54O3/c1-4-5-6-7-8-9-10-11-12-13-16-19-22-25-28(30)32-29(31)26-23-20-17-14-15-18-21-24-27(2)3/h9-10,27H,4-8,11-26H2,1-3H3/b10-9-. The minimum atomic E-state index is -0.342. The summed E-state index contributed by atoms with van der Waals surface area (Å²) in [6, 6.07) is 0. The van der Waals surface area contributed by atoms with Gasteiger partial charge in [0, 0.05) is 12.8 Å². The lowest BCUT2D eigenvalue weighted by Crippen LogP contribution is -2.11. The third-order valence-corrected chi connectivity index (χ3v) is 6.03. The number of allylic oxidation sites excluding steroid dienone is 2. The van der Waals surface area contributed by atoms with E-state index in [4.69, 9.17) is 4.74 Å². The van der Waals surface area contributed by atoms with Gasteiger partial charge in [-0.2, -0.15) is 0 Å². The number of ether oxygens (including phenoxy) is 1. The van der Waals surface area contributed by atoms with E-state index in [1.165, 1.54) is 89.9 Å². The number of rotatable bonds is 23. The highest BCUT2D eigenvalue weighted by atomic mass is 16.6. The zero-order chi connectivity index (χ0) is 23.7. The lowest BCUT2D eigenvalue weighted by atomic mass is 10.0. The van der Waals surface area contributed by atoms with Crippen LogP contribution in [-0.2, 0) is 14.3 Å². The Morgan fingerprint density at radius 3 is 1.47 bits per heavy atom. The Balaban J connectivity index is 3.37. The molecule has 3 nitrogen and oxygen atoms in total. The molecular formula is C29H54O3. The van der Waals surface area contributed by atoms with Crippen LogP contribution in [0.3, 0.4) is 0 Å². The number of carbonyl (C=O) groups is 2. The van der Waals surface area contributed by atoms with E-state index >= 15 is 0 Å². The van der Waals surface area contributed by atoms with Crippen molar-refractivity contribution < 1.29 is 14.3 Å². The van der Waals surface area contributed by atoms with Crippen LogP contribution in [0.1, 0.15) is 156 Å². The molecule has 0 heterocycles. The van der Waals surface area contributed by atoms with Gasteiger partial charge in [0.15, 0.2) is 0 Å². The Kier molecular flexibility index (Phi) is 23.7. The Hall–Kier alpha value is -1.12. The largest absolute Gasteiger partial charge is 0.393 e. The highest BCUT2D eigenvalue weighted by molar-refractivity contribution is 5.85. The molecule has 32 heavy (non-hydrogen) atoms. The molecule has 0 aromatic rings. The topological polar surface area (TPSA) is 43.4 Å². The van der Waals surface area contributed by atoms with E-state index in [0.717, 1.165) is 38.0 Å². The van der Waals surface area contributed by atoms with Crippen LogP contribution in [0, 0.1) is 5.92 Å². The summed E-state index contributed by atoms with van der Waals surface area (Å²) in [7, 11) is 0. The molecule has 0 aromatic carbocycles. The summed E-state index contributed by atoms with van der Waals surface area (Å²) in [5.41, 5.74) is 0. The summed E-state index contributed by atoms with van der Waals surface area (Å²) in [4.78, 5) is 23.6. The molecule has 0 saturated heterocycles. The van der Waals surface area contributed by atoms with Crippen molar-refractivity contribution in [2.75, 3.05) is 0 Å². The molecule has 0 unspecified atom stereocenters. The van der Waals surface area contributed by atoms with E-state index in [2.05, 4.69) is 32.9 Å². The molecule has 0 saturated carbocycles. The van der Waals surface area contributed by atoms with Gasteiger partial charge in [0.25, 0.3) is 0 Å². The van der Waals surface area contributed by atoms with E-state index in [0.29, 0.717) is 12.8 Å². The predicted octanol–water partition coefficient (Wildman–Crippen LogP) is 9.48. The van der Waals surface area contributed by atoms with Crippen LogP contribution in [0.4, 0.5) is 0 Å². The molecule has 0 aliphatic heterocycles. The van der Waals surface area contributed by atoms with Crippen LogP contribution in [0.5, 0.6) is 0 Å². The van der Waals surface area contributed by atoms with E-state index in [-0.39, 0.29) is 11.9 Å². The van der Waals surface area contributed by atoms with E-state index in [1.807, 2.05) is 0 Å². The van der Waals surface area contributed by atoms with Gasteiger partial charge in [-0.25, -0.2) is 0 Å². The average Bonchev–Trinajstić information content (AvgIpc) is 2.75. The van der Waals surface area contributed by atoms with Crippen molar-refractivity contribution in [1.82, 2.24) is 0 Å². The van der Waals surface area contributed by atoms with Gasteiger partial charge in [0.2, 0.25) is 0 Å². The molecule has 188 valence electrons. The minimum absolute atomic E-state index is 0.339. The lowest BCUT2D eigenvalue weighted by molar-refractivity contribution is -0.159. The summed E-state index contributed by atoms with van der Waals surface area (Å²) in [5, 5.41) is 0. The van der Waals surface area contributed by atoms with Gasteiger partial charge in [-0.1, -0.05) is 116 Å². The summed E-state index contributed by atoms with van der Waals surface area (Å²) >= 11 is 0. The van der Waals surface area contributed by atoms with Gasteiger partial charge in [-0.15, -0.1) is 0 Å². The average molecular weight is 451 g/mol. The first-order valence-electron chi connectivity index (χ1n) is 13.9. The van der Waals surface area contributed by atoms with Crippen molar-refractivity contribution in [3.8, 4) is 0 Å². The number of hydrogen-bond acceptors (Lipinski definition) is 3. The molecule has 0 N–H and O–H groups in total. The number of esters is 2. The summed E-state index contributed by atoms with van der Waals surface area (Å²) in [6.07, 6.45) is 28.2. The first-order valence-corrected chi connectivity index (χ1v) is 13.9. The third-order valence-electron chi connectivity index (χ3n) is 6.03. The fourth-order valence-corrected chi connectivity index (χ4v) is 3.92. The SMILES string of the molecule is CCCCCC/C=C\CCCCCCCC(=O)OC(=O)CCCCCCCCCC(C)C. The molecule has 0 aromatic heterocycles. The molecule has 0 spiro atoms. The Morgan fingerprint density at radius 1 is 0.594 bits per heavy atom. The highest BCUT2D eigenvalue weighted by Gasteiger charge is 2.09. The second-order valence-corrected chi connectivity index (χ2v) is 9.88. The number of carbonyl (C=O) groups excluding carboxylic acids is 2. The van der Waals surface area contributed by atoms with Crippen LogP contribution in [0.15, 0.2) is 12.2 Å².